The highest BCUT2D eigenvalue weighted by atomic mass is 16.6. The van der Waals surface area contributed by atoms with Gasteiger partial charge in [0.15, 0.2) is 23.0 Å². The molecule has 284 valence electrons. The summed E-state index contributed by atoms with van der Waals surface area (Å²) in [5, 5.41) is 0. The molecule has 0 atom stereocenters. The molecular weight excluding hydrogens is 732 g/mol. The van der Waals surface area contributed by atoms with Crippen molar-refractivity contribution in [1.82, 2.24) is 29.9 Å². The zero-order chi connectivity index (χ0) is 39.0. The van der Waals surface area contributed by atoms with Crippen LogP contribution in [0, 0.1) is 0 Å². The molecular formula is C38H30N6O12. The normalized spacial score (nSPS) is 11.4. The lowest BCUT2D eigenvalue weighted by Crippen LogP contribution is -2.09. The fraction of sp³-hybridized carbons (Fsp3) is 0.158. The molecule has 8 bridgehead atoms. The highest BCUT2D eigenvalue weighted by molar-refractivity contribution is 5.92. The van der Waals surface area contributed by atoms with Crippen molar-refractivity contribution >= 4 is 11.9 Å². The molecule has 56 heavy (non-hydrogen) atoms. The van der Waals surface area contributed by atoms with Gasteiger partial charge in [-0.2, -0.15) is 0 Å². The van der Waals surface area contributed by atoms with Gasteiger partial charge in [0.05, 0.1) is 39.6 Å². The third-order valence-electron chi connectivity index (χ3n) is 7.65. The number of hydrogen-bond donors (Lipinski definition) is 0. The van der Waals surface area contributed by atoms with Crippen molar-refractivity contribution in [3.05, 3.63) is 107 Å². The topological polar surface area (TPSA) is 204 Å². The number of carbonyl (C=O) groups is 2. The predicted molar refractivity (Wildman–Crippen MR) is 190 cm³/mol. The molecule has 0 spiro atoms. The number of rotatable bonds is 10. The second-order valence-electron chi connectivity index (χ2n) is 11.3. The number of hydrogen-bond acceptors (Lipinski definition) is 18. The Morgan fingerprint density at radius 1 is 0.482 bits per heavy atom. The number of nitrogens with zero attached hydrogens (tertiary/aromatic N) is 6. The number of methoxy groups -OCH3 is 4. The van der Waals surface area contributed by atoms with Gasteiger partial charge >= 0.3 is 48.0 Å². The number of fused-ring (bicyclic) bond motifs is 8. The summed E-state index contributed by atoms with van der Waals surface area (Å²) in [6, 6.07) is 21.9. The Morgan fingerprint density at radius 2 is 0.804 bits per heavy atom. The minimum atomic E-state index is -0.749. The average Bonchev–Trinajstić information content (AvgIpc) is 3.22. The lowest BCUT2D eigenvalue weighted by molar-refractivity contribution is 0.0591. The van der Waals surface area contributed by atoms with Gasteiger partial charge < -0.3 is 47.4 Å². The summed E-state index contributed by atoms with van der Waals surface area (Å²) >= 11 is 0. The number of esters is 2. The number of benzene rings is 4. The van der Waals surface area contributed by atoms with Crippen LogP contribution in [0.2, 0.25) is 0 Å². The van der Waals surface area contributed by atoms with Crippen LogP contribution in [-0.2, 0) is 22.7 Å². The lowest BCUT2D eigenvalue weighted by Gasteiger charge is -2.19. The summed E-state index contributed by atoms with van der Waals surface area (Å²) < 4.78 is 57.9. The van der Waals surface area contributed by atoms with E-state index in [2.05, 4.69) is 29.9 Å². The third kappa shape index (κ3) is 8.38. The van der Waals surface area contributed by atoms with Crippen LogP contribution >= 0.6 is 0 Å². The molecule has 0 aliphatic carbocycles. The second kappa shape index (κ2) is 16.5. The highest BCUT2D eigenvalue weighted by Crippen LogP contribution is 2.46. The standard InChI is InChI=1S/C38H30N6O12/c1-47-31(45)23-15-25-29(51-19-21-11-7-5-8-12-21)26(16-23)54-36-40-34(50-4)42-38(44-36)56-28-18-24(32(46)48-2)17-27(30(28)52-20-22-13-9-6-10-14-22)55-37-41-33(49-3)39-35(43-37)53-25/h5-18H,19-20H2,1-4H3. The second-order valence-corrected chi connectivity index (χ2v) is 11.3. The van der Waals surface area contributed by atoms with Crippen molar-refractivity contribution in [2.75, 3.05) is 28.4 Å². The summed E-state index contributed by atoms with van der Waals surface area (Å²) in [6.45, 7) is 0.0513. The summed E-state index contributed by atoms with van der Waals surface area (Å²) in [5.41, 5.74) is 1.53. The van der Waals surface area contributed by atoms with Crippen LogP contribution in [-0.4, -0.2) is 70.3 Å². The van der Waals surface area contributed by atoms with Crippen molar-refractivity contribution in [1.29, 1.82) is 0 Å². The quantitative estimate of drug-likeness (QED) is 0.140. The molecule has 18 heteroatoms. The average molecular weight is 763 g/mol. The van der Waals surface area contributed by atoms with E-state index in [4.69, 9.17) is 47.4 Å². The van der Waals surface area contributed by atoms with E-state index in [1.807, 2.05) is 60.7 Å². The van der Waals surface area contributed by atoms with E-state index in [-0.39, 0.29) is 94.9 Å². The monoisotopic (exact) mass is 762 g/mol. The van der Waals surface area contributed by atoms with E-state index in [0.717, 1.165) is 11.1 Å². The largest absolute Gasteiger partial charge is 0.482 e. The Kier molecular flexibility index (Phi) is 10.8. The Morgan fingerprint density at radius 3 is 1.09 bits per heavy atom. The molecule has 0 amide bonds. The molecule has 6 aromatic rings. The fourth-order valence-corrected chi connectivity index (χ4v) is 5.07. The van der Waals surface area contributed by atoms with E-state index < -0.39 is 11.9 Å². The van der Waals surface area contributed by atoms with Crippen LogP contribution in [0.1, 0.15) is 31.8 Å². The number of ether oxygens (including phenoxy) is 10. The number of carbonyl (C=O) groups excluding carboxylic acids is 2. The first-order valence-corrected chi connectivity index (χ1v) is 16.5. The van der Waals surface area contributed by atoms with Crippen LogP contribution in [0.5, 0.6) is 70.6 Å². The third-order valence-corrected chi connectivity index (χ3v) is 7.65. The molecule has 0 N–H and O–H groups in total. The van der Waals surface area contributed by atoms with Crippen LogP contribution in [0.4, 0.5) is 0 Å². The van der Waals surface area contributed by atoms with Crippen molar-refractivity contribution in [3.63, 3.8) is 0 Å². The molecule has 3 heterocycles. The first-order valence-electron chi connectivity index (χ1n) is 16.5. The summed E-state index contributed by atoms with van der Waals surface area (Å²) in [6.07, 6.45) is 0. The van der Waals surface area contributed by atoms with E-state index >= 15 is 0 Å². The maximum Gasteiger partial charge on any atom is 0.338 e. The smallest absolute Gasteiger partial charge is 0.338 e. The molecule has 0 radical (unpaired) electrons. The zero-order valence-electron chi connectivity index (χ0n) is 30.1. The van der Waals surface area contributed by atoms with Crippen LogP contribution in [0.25, 0.3) is 0 Å². The fourth-order valence-electron chi connectivity index (χ4n) is 5.07. The molecule has 1 aliphatic rings. The minimum Gasteiger partial charge on any atom is -0.482 e. The summed E-state index contributed by atoms with van der Waals surface area (Å²) in [7, 11) is 5.06. The lowest BCUT2D eigenvalue weighted by atomic mass is 10.1. The molecule has 0 saturated carbocycles. The molecule has 18 nitrogen and oxygen atoms in total. The summed E-state index contributed by atoms with van der Waals surface area (Å²) in [4.78, 5) is 51.5. The first kappa shape index (κ1) is 36.6. The van der Waals surface area contributed by atoms with E-state index in [9.17, 15) is 9.59 Å². The molecule has 1 aliphatic heterocycles. The number of aromatic nitrogens is 6. The van der Waals surface area contributed by atoms with Crippen molar-refractivity contribution in [2.45, 2.75) is 13.2 Å². The molecule has 4 aromatic carbocycles. The molecule has 0 fully saturated rings. The first-order chi connectivity index (χ1) is 27.3. The van der Waals surface area contributed by atoms with Gasteiger partial charge in [0.1, 0.15) is 13.2 Å². The SMILES string of the molecule is COC(=O)c1cc2c(OCc3ccccc3)c(c1)Oc1nc(OC)nc(n1)Oc1cc(C(=O)OC)cc(c1OCc1ccccc1)Oc1nc(OC)nc(n1)O2. The molecule has 7 rings (SSSR count). The Labute approximate surface area is 317 Å². The van der Waals surface area contributed by atoms with Crippen molar-refractivity contribution in [2.24, 2.45) is 0 Å². The van der Waals surface area contributed by atoms with Gasteiger partial charge in [-0.1, -0.05) is 60.7 Å². The van der Waals surface area contributed by atoms with E-state index in [1.54, 1.807) is 0 Å². The van der Waals surface area contributed by atoms with E-state index in [1.165, 1.54) is 52.7 Å². The van der Waals surface area contributed by atoms with Gasteiger partial charge in [-0.25, -0.2) is 9.59 Å². The Hall–Kier alpha value is -7.76. The summed E-state index contributed by atoms with van der Waals surface area (Å²) in [5.74, 6) is -1.98. The van der Waals surface area contributed by atoms with Crippen molar-refractivity contribution in [3.8, 4) is 70.6 Å². The van der Waals surface area contributed by atoms with Gasteiger partial charge in [-0.15, -0.1) is 29.9 Å². The van der Waals surface area contributed by atoms with E-state index in [0.29, 0.717) is 0 Å². The maximum absolute atomic E-state index is 12.9. The van der Waals surface area contributed by atoms with Crippen LogP contribution in [0.3, 0.4) is 0 Å². The van der Waals surface area contributed by atoms with Gasteiger partial charge in [0.2, 0.25) is 11.5 Å². The van der Waals surface area contributed by atoms with Gasteiger partial charge in [0, 0.05) is 0 Å². The van der Waals surface area contributed by atoms with Gasteiger partial charge in [-0.05, 0) is 35.4 Å². The van der Waals surface area contributed by atoms with Crippen LogP contribution in [0.15, 0.2) is 84.9 Å². The van der Waals surface area contributed by atoms with Gasteiger partial charge in [0.25, 0.3) is 0 Å². The predicted octanol–water partition coefficient (Wildman–Crippen LogP) is 6.29. The zero-order valence-corrected chi connectivity index (χ0v) is 30.1. The molecule has 0 unspecified atom stereocenters. The Balaban J connectivity index is 1.44. The molecule has 2 aromatic heterocycles. The minimum absolute atomic E-state index is 0.0220. The molecule has 0 saturated heterocycles. The van der Waals surface area contributed by atoms with Crippen LogP contribution < -0.4 is 37.9 Å². The van der Waals surface area contributed by atoms with Crippen molar-refractivity contribution < 1.29 is 57.0 Å². The van der Waals surface area contributed by atoms with Gasteiger partial charge in [-0.3, -0.25) is 0 Å². The Bertz CT molecular complexity index is 2130. The highest BCUT2D eigenvalue weighted by Gasteiger charge is 2.27. The maximum atomic E-state index is 12.9.